The number of hydrogen-bond acceptors (Lipinski definition) is 3. The number of nitrogens with one attached hydrogen (secondary N) is 1. The van der Waals surface area contributed by atoms with Gasteiger partial charge in [0.15, 0.2) is 0 Å². The van der Waals surface area contributed by atoms with E-state index in [1.165, 1.54) is 0 Å². The average molecular weight is 362 g/mol. The highest BCUT2D eigenvalue weighted by molar-refractivity contribution is 5.81. The predicted molar refractivity (Wildman–Crippen MR) is 107 cm³/mol. The predicted octanol–water partition coefficient (Wildman–Crippen LogP) is 3.37. The summed E-state index contributed by atoms with van der Waals surface area (Å²) < 4.78 is 5.86. The maximum Gasteiger partial charge on any atom is 0.237 e. The third-order valence-electron chi connectivity index (χ3n) is 4.82. The van der Waals surface area contributed by atoms with Crippen molar-refractivity contribution in [3.05, 3.63) is 65.7 Å². The van der Waals surface area contributed by atoms with Crippen molar-refractivity contribution in [2.24, 2.45) is 0 Å². The molecule has 140 valence electrons. The number of amides is 1. The van der Waals surface area contributed by atoms with E-state index in [4.69, 9.17) is 11.2 Å². The lowest BCUT2D eigenvalue weighted by atomic mass is 10.0. The second kappa shape index (κ2) is 9.80. The standard InChI is InChI=1S/C23H26N2O2/c1-2-14-25-15-7-6-13-22(25)23(26)24-17-20-11-8-12-21(16-20)27-18-19-9-4-3-5-10-19/h1,3-5,8-12,16,22H,6-7,13-15,17-18H2,(H,24,26). The van der Waals surface area contributed by atoms with E-state index in [-0.39, 0.29) is 11.9 Å². The first-order valence-corrected chi connectivity index (χ1v) is 9.47. The maximum absolute atomic E-state index is 12.6. The van der Waals surface area contributed by atoms with E-state index in [9.17, 15) is 4.79 Å². The number of terminal acetylenes is 1. The van der Waals surface area contributed by atoms with Crippen LogP contribution in [0, 0.1) is 12.3 Å². The third kappa shape index (κ3) is 5.60. The van der Waals surface area contributed by atoms with Crippen molar-refractivity contribution in [2.75, 3.05) is 13.1 Å². The molecule has 4 heteroatoms. The highest BCUT2D eigenvalue weighted by atomic mass is 16.5. The van der Waals surface area contributed by atoms with Gasteiger partial charge in [-0.2, -0.15) is 0 Å². The van der Waals surface area contributed by atoms with E-state index in [0.29, 0.717) is 19.7 Å². The van der Waals surface area contributed by atoms with Gasteiger partial charge >= 0.3 is 0 Å². The summed E-state index contributed by atoms with van der Waals surface area (Å²) in [6, 6.07) is 17.8. The molecule has 1 saturated heterocycles. The van der Waals surface area contributed by atoms with Gasteiger partial charge in [-0.05, 0) is 42.6 Å². The van der Waals surface area contributed by atoms with Gasteiger partial charge in [0.25, 0.3) is 0 Å². The largest absolute Gasteiger partial charge is 0.489 e. The molecule has 4 nitrogen and oxygen atoms in total. The second-order valence-electron chi connectivity index (χ2n) is 6.83. The summed E-state index contributed by atoms with van der Waals surface area (Å²) in [4.78, 5) is 14.7. The Morgan fingerprint density at radius 2 is 1.96 bits per heavy atom. The number of likely N-dealkylation sites (tertiary alicyclic amines) is 1. The monoisotopic (exact) mass is 362 g/mol. The number of carbonyl (C=O) groups is 1. The summed E-state index contributed by atoms with van der Waals surface area (Å²) in [6.07, 6.45) is 8.48. The Morgan fingerprint density at radius 1 is 1.15 bits per heavy atom. The quantitative estimate of drug-likeness (QED) is 0.768. The summed E-state index contributed by atoms with van der Waals surface area (Å²) >= 11 is 0. The third-order valence-corrected chi connectivity index (χ3v) is 4.82. The van der Waals surface area contributed by atoms with E-state index in [1.54, 1.807) is 0 Å². The van der Waals surface area contributed by atoms with Crippen LogP contribution in [-0.2, 0) is 17.9 Å². The summed E-state index contributed by atoms with van der Waals surface area (Å²) in [5.41, 5.74) is 2.15. The van der Waals surface area contributed by atoms with E-state index >= 15 is 0 Å². The molecule has 2 aromatic rings. The summed E-state index contributed by atoms with van der Waals surface area (Å²) in [5, 5.41) is 3.05. The van der Waals surface area contributed by atoms with Crippen molar-refractivity contribution in [3.8, 4) is 18.1 Å². The van der Waals surface area contributed by atoms with E-state index < -0.39 is 0 Å². The molecule has 0 saturated carbocycles. The van der Waals surface area contributed by atoms with E-state index in [2.05, 4.69) is 16.1 Å². The van der Waals surface area contributed by atoms with Crippen LogP contribution in [-0.4, -0.2) is 29.9 Å². The van der Waals surface area contributed by atoms with Crippen molar-refractivity contribution >= 4 is 5.91 Å². The lowest BCUT2D eigenvalue weighted by Gasteiger charge is -2.33. The van der Waals surface area contributed by atoms with Gasteiger partial charge in [-0.25, -0.2) is 0 Å². The van der Waals surface area contributed by atoms with Crippen molar-refractivity contribution < 1.29 is 9.53 Å². The molecule has 1 atom stereocenters. The molecular formula is C23H26N2O2. The van der Waals surface area contributed by atoms with Gasteiger partial charge in [-0.15, -0.1) is 6.42 Å². The molecule has 0 aromatic heterocycles. The van der Waals surface area contributed by atoms with Crippen molar-refractivity contribution in [1.29, 1.82) is 0 Å². The minimum Gasteiger partial charge on any atom is -0.489 e. The molecule has 0 bridgehead atoms. The molecule has 1 aliphatic rings. The zero-order chi connectivity index (χ0) is 18.9. The van der Waals surface area contributed by atoms with Crippen LogP contribution in [0.3, 0.4) is 0 Å². The number of rotatable bonds is 7. The molecule has 27 heavy (non-hydrogen) atoms. The van der Waals surface area contributed by atoms with Gasteiger partial charge in [-0.1, -0.05) is 54.8 Å². The number of hydrogen-bond donors (Lipinski definition) is 1. The Morgan fingerprint density at radius 3 is 2.78 bits per heavy atom. The summed E-state index contributed by atoms with van der Waals surface area (Å²) in [7, 11) is 0. The number of benzene rings is 2. The van der Waals surface area contributed by atoms with Crippen LogP contribution in [0.2, 0.25) is 0 Å². The fourth-order valence-corrected chi connectivity index (χ4v) is 3.39. The van der Waals surface area contributed by atoms with Gasteiger partial charge in [-0.3, -0.25) is 9.69 Å². The molecule has 1 amide bonds. The van der Waals surface area contributed by atoms with Gasteiger partial charge in [0.2, 0.25) is 5.91 Å². The minimum atomic E-state index is -0.118. The first kappa shape index (κ1) is 19.0. The zero-order valence-electron chi connectivity index (χ0n) is 15.6. The SMILES string of the molecule is C#CCN1CCCCC1C(=O)NCc1cccc(OCc2ccccc2)c1. The normalized spacial score (nSPS) is 17.1. The number of carbonyl (C=O) groups excluding carboxylic acids is 1. The first-order valence-electron chi connectivity index (χ1n) is 9.47. The molecule has 3 rings (SSSR count). The lowest BCUT2D eigenvalue weighted by Crippen LogP contribution is -2.49. The van der Waals surface area contributed by atoms with Gasteiger partial charge < -0.3 is 10.1 Å². The summed E-state index contributed by atoms with van der Waals surface area (Å²) in [5.74, 6) is 3.52. The molecular weight excluding hydrogens is 336 g/mol. The molecule has 2 aromatic carbocycles. The molecule has 1 aliphatic heterocycles. The fraction of sp³-hybridized carbons (Fsp3) is 0.348. The Labute approximate surface area is 161 Å². The Balaban J connectivity index is 1.53. The molecule has 1 heterocycles. The van der Waals surface area contributed by atoms with Crippen molar-refractivity contribution in [1.82, 2.24) is 10.2 Å². The lowest BCUT2D eigenvalue weighted by molar-refractivity contribution is -0.127. The number of piperidine rings is 1. The topological polar surface area (TPSA) is 41.6 Å². The number of nitrogens with zero attached hydrogens (tertiary/aromatic N) is 1. The van der Waals surface area contributed by atoms with Crippen LogP contribution >= 0.6 is 0 Å². The molecule has 1 N–H and O–H groups in total. The molecule has 1 fully saturated rings. The maximum atomic E-state index is 12.6. The second-order valence-corrected chi connectivity index (χ2v) is 6.83. The Kier molecular flexibility index (Phi) is 6.90. The van der Waals surface area contributed by atoms with E-state index in [0.717, 1.165) is 42.7 Å². The van der Waals surface area contributed by atoms with E-state index in [1.807, 2.05) is 54.6 Å². The highest BCUT2D eigenvalue weighted by Crippen LogP contribution is 2.18. The van der Waals surface area contributed by atoms with Crippen LogP contribution in [0.4, 0.5) is 0 Å². The molecule has 0 radical (unpaired) electrons. The van der Waals surface area contributed by atoms with Crippen molar-refractivity contribution in [3.63, 3.8) is 0 Å². The van der Waals surface area contributed by atoms with Crippen LogP contribution in [0.1, 0.15) is 30.4 Å². The fourth-order valence-electron chi connectivity index (χ4n) is 3.39. The number of ether oxygens (including phenoxy) is 1. The molecule has 1 unspecified atom stereocenters. The van der Waals surface area contributed by atoms with Crippen LogP contribution < -0.4 is 10.1 Å². The van der Waals surface area contributed by atoms with Crippen LogP contribution in [0.15, 0.2) is 54.6 Å². The minimum absolute atomic E-state index is 0.0561. The van der Waals surface area contributed by atoms with Crippen molar-refractivity contribution in [2.45, 2.75) is 38.5 Å². The summed E-state index contributed by atoms with van der Waals surface area (Å²) in [6.45, 7) is 2.44. The van der Waals surface area contributed by atoms with Crippen LogP contribution in [0.25, 0.3) is 0 Å². The van der Waals surface area contributed by atoms with Gasteiger partial charge in [0.05, 0.1) is 12.6 Å². The zero-order valence-corrected chi connectivity index (χ0v) is 15.6. The smallest absolute Gasteiger partial charge is 0.237 e. The Hall–Kier alpha value is -2.77. The average Bonchev–Trinajstić information content (AvgIpc) is 2.72. The first-order chi connectivity index (χ1) is 13.3. The molecule has 0 spiro atoms. The van der Waals surface area contributed by atoms with Gasteiger partial charge in [0, 0.05) is 6.54 Å². The Bertz CT molecular complexity index is 782. The van der Waals surface area contributed by atoms with Crippen LogP contribution in [0.5, 0.6) is 5.75 Å². The molecule has 0 aliphatic carbocycles. The highest BCUT2D eigenvalue weighted by Gasteiger charge is 2.27. The van der Waals surface area contributed by atoms with Gasteiger partial charge in [0.1, 0.15) is 12.4 Å².